The molecule has 1 fully saturated rings. The average Bonchev–Trinajstić information content (AvgIpc) is 2.84. The first-order valence-electron chi connectivity index (χ1n) is 7.22. The summed E-state index contributed by atoms with van der Waals surface area (Å²) in [7, 11) is 2.13. The van der Waals surface area contributed by atoms with Crippen LogP contribution in [0.4, 0.5) is 0 Å². The van der Waals surface area contributed by atoms with Gasteiger partial charge in [-0.1, -0.05) is 27.2 Å². The third kappa shape index (κ3) is 3.95. The lowest BCUT2D eigenvalue weighted by Crippen LogP contribution is -2.46. The summed E-state index contributed by atoms with van der Waals surface area (Å²) in [5.41, 5.74) is 6.02. The van der Waals surface area contributed by atoms with Crippen molar-refractivity contribution in [2.24, 2.45) is 17.6 Å². The number of hydrogen-bond acceptors (Lipinski definition) is 3. The van der Waals surface area contributed by atoms with E-state index in [1.54, 1.807) is 0 Å². The molecule has 3 unspecified atom stereocenters. The molecule has 0 aromatic carbocycles. The number of amides is 1. The van der Waals surface area contributed by atoms with Crippen molar-refractivity contribution in [3.05, 3.63) is 0 Å². The molecule has 0 spiro atoms. The molecule has 0 radical (unpaired) electrons. The van der Waals surface area contributed by atoms with Gasteiger partial charge in [-0.05, 0) is 31.8 Å². The minimum absolute atomic E-state index is 0.144. The largest absolute Gasteiger partial charge is 0.341 e. The van der Waals surface area contributed by atoms with Gasteiger partial charge in [-0.2, -0.15) is 0 Å². The molecule has 0 saturated carbocycles. The fourth-order valence-corrected chi connectivity index (χ4v) is 2.46. The second kappa shape index (κ2) is 7.10. The fourth-order valence-electron chi connectivity index (χ4n) is 2.46. The van der Waals surface area contributed by atoms with E-state index in [0.717, 1.165) is 39.0 Å². The molecule has 1 rings (SSSR count). The van der Waals surface area contributed by atoms with Gasteiger partial charge in [0.2, 0.25) is 5.91 Å². The van der Waals surface area contributed by atoms with E-state index >= 15 is 0 Å². The Morgan fingerprint density at radius 1 is 1.50 bits per heavy atom. The molecule has 0 aromatic rings. The lowest BCUT2D eigenvalue weighted by molar-refractivity contribution is -0.132. The molecule has 4 heteroatoms. The van der Waals surface area contributed by atoms with Crippen molar-refractivity contribution in [2.45, 2.75) is 39.7 Å². The van der Waals surface area contributed by atoms with E-state index in [4.69, 9.17) is 5.73 Å². The second-order valence-corrected chi connectivity index (χ2v) is 5.71. The molecule has 0 aliphatic carbocycles. The maximum Gasteiger partial charge on any atom is 0.239 e. The average molecular weight is 255 g/mol. The molecule has 1 saturated heterocycles. The van der Waals surface area contributed by atoms with Gasteiger partial charge in [0.15, 0.2) is 0 Å². The van der Waals surface area contributed by atoms with E-state index in [9.17, 15) is 4.79 Å². The Bertz CT molecular complexity index is 270. The number of nitrogens with zero attached hydrogens (tertiary/aromatic N) is 2. The highest BCUT2D eigenvalue weighted by molar-refractivity contribution is 5.82. The Morgan fingerprint density at radius 3 is 2.72 bits per heavy atom. The summed E-state index contributed by atoms with van der Waals surface area (Å²) in [6.45, 7) is 10.2. The van der Waals surface area contributed by atoms with Gasteiger partial charge in [-0.3, -0.25) is 4.79 Å². The van der Waals surface area contributed by atoms with Crippen molar-refractivity contribution in [3.63, 3.8) is 0 Å². The van der Waals surface area contributed by atoms with Gasteiger partial charge in [-0.15, -0.1) is 0 Å². The third-order valence-electron chi connectivity index (χ3n) is 4.25. The minimum Gasteiger partial charge on any atom is -0.341 e. The molecular formula is C14H29N3O. The molecule has 0 aromatic heterocycles. The van der Waals surface area contributed by atoms with E-state index in [-0.39, 0.29) is 17.9 Å². The maximum absolute atomic E-state index is 12.2. The first-order valence-corrected chi connectivity index (χ1v) is 7.22. The number of rotatable bonds is 6. The van der Waals surface area contributed by atoms with Crippen LogP contribution in [-0.2, 0) is 4.79 Å². The van der Waals surface area contributed by atoms with Crippen LogP contribution in [0, 0.1) is 11.8 Å². The number of likely N-dealkylation sites (tertiary alicyclic amines) is 1. The summed E-state index contributed by atoms with van der Waals surface area (Å²) in [6.07, 6.45) is 2.08. The zero-order valence-corrected chi connectivity index (χ0v) is 12.4. The van der Waals surface area contributed by atoms with E-state index in [1.807, 2.05) is 4.90 Å². The second-order valence-electron chi connectivity index (χ2n) is 5.71. The van der Waals surface area contributed by atoms with Crippen LogP contribution in [-0.4, -0.2) is 55.0 Å². The third-order valence-corrected chi connectivity index (χ3v) is 4.25. The molecule has 1 amide bonds. The van der Waals surface area contributed by atoms with Gasteiger partial charge in [0.05, 0.1) is 6.04 Å². The van der Waals surface area contributed by atoms with E-state index < -0.39 is 0 Å². The van der Waals surface area contributed by atoms with E-state index in [2.05, 4.69) is 32.7 Å². The standard InChI is InChI=1S/C14H29N3O/c1-5-11(3)13(15)14(18)17-8-7-12(10-17)9-16(4)6-2/h11-13H,5-10,15H2,1-4H3. The van der Waals surface area contributed by atoms with Crippen molar-refractivity contribution in [1.82, 2.24) is 9.80 Å². The van der Waals surface area contributed by atoms with Crippen molar-refractivity contribution < 1.29 is 4.79 Å². The SMILES string of the molecule is CCC(C)C(N)C(=O)N1CCC(CN(C)CC)C1. The number of carbonyl (C=O) groups is 1. The monoisotopic (exact) mass is 255 g/mol. The van der Waals surface area contributed by atoms with Gasteiger partial charge in [0.1, 0.15) is 0 Å². The number of carbonyl (C=O) groups excluding carboxylic acids is 1. The van der Waals surface area contributed by atoms with Crippen LogP contribution < -0.4 is 5.73 Å². The number of hydrogen-bond donors (Lipinski definition) is 1. The van der Waals surface area contributed by atoms with Crippen LogP contribution in [0.15, 0.2) is 0 Å². The van der Waals surface area contributed by atoms with E-state index in [0.29, 0.717) is 5.92 Å². The first kappa shape index (κ1) is 15.4. The Hall–Kier alpha value is -0.610. The van der Waals surface area contributed by atoms with Gasteiger partial charge in [0, 0.05) is 19.6 Å². The van der Waals surface area contributed by atoms with Crippen molar-refractivity contribution in [1.29, 1.82) is 0 Å². The molecule has 1 aliphatic heterocycles. The van der Waals surface area contributed by atoms with Crippen molar-refractivity contribution >= 4 is 5.91 Å². The molecule has 0 bridgehead atoms. The molecular weight excluding hydrogens is 226 g/mol. The lowest BCUT2D eigenvalue weighted by Gasteiger charge is -2.25. The highest BCUT2D eigenvalue weighted by Gasteiger charge is 2.31. The Balaban J connectivity index is 2.43. The Kier molecular flexibility index (Phi) is 6.09. The predicted octanol–water partition coefficient (Wildman–Crippen LogP) is 1.16. The smallest absolute Gasteiger partial charge is 0.239 e. The number of nitrogens with two attached hydrogens (primary N) is 1. The Labute approximate surface area is 111 Å². The Morgan fingerprint density at radius 2 is 2.17 bits per heavy atom. The predicted molar refractivity (Wildman–Crippen MR) is 75.3 cm³/mol. The van der Waals surface area contributed by atoms with Crippen molar-refractivity contribution in [3.8, 4) is 0 Å². The van der Waals surface area contributed by atoms with Crippen LogP contribution in [0.5, 0.6) is 0 Å². The quantitative estimate of drug-likeness (QED) is 0.775. The summed E-state index contributed by atoms with van der Waals surface area (Å²) in [6, 6.07) is -0.322. The summed E-state index contributed by atoms with van der Waals surface area (Å²) in [4.78, 5) is 16.5. The van der Waals surface area contributed by atoms with Crippen LogP contribution in [0.2, 0.25) is 0 Å². The first-order chi connectivity index (χ1) is 8.49. The summed E-state index contributed by atoms with van der Waals surface area (Å²) < 4.78 is 0. The normalized spacial score (nSPS) is 23.4. The summed E-state index contributed by atoms with van der Waals surface area (Å²) in [5.74, 6) is 1.03. The molecule has 1 heterocycles. The van der Waals surface area contributed by atoms with Gasteiger partial charge in [0.25, 0.3) is 0 Å². The summed E-state index contributed by atoms with van der Waals surface area (Å²) in [5, 5.41) is 0. The van der Waals surface area contributed by atoms with Crippen LogP contribution in [0.3, 0.4) is 0 Å². The zero-order chi connectivity index (χ0) is 13.7. The van der Waals surface area contributed by atoms with Gasteiger partial charge < -0.3 is 15.5 Å². The van der Waals surface area contributed by atoms with Crippen molar-refractivity contribution in [2.75, 3.05) is 33.2 Å². The molecule has 3 atom stereocenters. The van der Waals surface area contributed by atoms with Crippen LogP contribution >= 0.6 is 0 Å². The highest BCUT2D eigenvalue weighted by Crippen LogP contribution is 2.19. The lowest BCUT2D eigenvalue weighted by atomic mass is 9.99. The highest BCUT2D eigenvalue weighted by atomic mass is 16.2. The molecule has 106 valence electrons. The van der Waals surface area contributed by atoms with E-state index in [1.165, 1.54) is 0 Å². The zero-order valence-electron chi connectivity index (χ0n) is 12.4. The van der Waals surface area contributed by atoms with Crippen LogP contribution in [0.1, 0.15) is 33.6 Å². The molecule has 4 nitrogen and oxygen atoms in total. The van der Waals surface area contributed by atoms with Gasteiger partial charge >= 0.3 is 0 Å². The molecule has 18 heavy (non-hydrogen) atoms. The topological polar surface area (TPSA) is 49.6 Å². The fraction of sp³-hybridized carbons (Fsp3) is 0.929. The maximum atomic E-state index is 12.2. The minimum atomic E-state index is -0.322. The molecule has 1 aliphatic rings. The summed E-state index contributed by atoms with van der Waals surface area (Å²) >= 11 is 0. The van der Waals surface area contributed by atoms with Gasteiger partial charge in [-0.25, -0.2) is 0 Å². The van der Waals surface area contributed by atoms with Crippen LogP contribution in [0.25, 0.3) is 0 Å². The molecule has 2 N–H and O–H groups in total.